The maximum Gasteiger partial charge on any atom is 0.329 e. The number of carboxylic acid groups (broad SMARTS) is 1. The van der Waals surface area contributed by atoms with Crippen LogP contribution in [0.25, 0.3) is 0 Å². The standard InChI is InChI=1S/C15H19FN2O3/c1-10-5-6-11(16)12(9-10)17-14(21)18-15(13(19)20)7-3-2-4-8-15/h5-6,9H,2-4,7-8H2,1H3,(H,19,20)(H2,17,18,21). The minimum atomic E-state index is -1.25. The molecule has 21 heavy (non-hydrogen) atoms. The first-order chi connectivity index (χ1) is 9.93. The zero-order chi connectivity index (χ0) is 15.5. The number of rotatable bonds is 3. The lowest BCUT2D eigenvalue weighted by Crippen LogP contribution is -2.56. The van der Waals surface area contributed by atoms with Gasteiger partial charge in [-0.25, -0.2) is 14.0 Å². The third-order valence-corrected chi connectivity index (χ3v) is 3.84. The SMILES string of the molecule is Cc1ccc(F)c(NC(=O)NC2(C(=O)O)CCCCC2)c1. The highest BCUT2D eigenvalue weighted by Crippen LogP contribution is 2.28. The Labute approximate surface area is 122 Å². The number of nitrogens with one attached hydrogen (secondary N) is 2. The van der Waals surface area contributed by atoms with E-state index in [9.17, 15) is 19.1 Å². The van der Waals surface area contributed by atoms with Gasteiger partial charge in [-0.15, -0.1) is 0 Å². The van der Waals surface area contributed by atoms with Gasteiger partial charge in [0.1, 0.15) is 11.4 Å². The van der Waals surface area contributed by atoms with Gasteiger partial charge >= 0.3 is 12.0 Å². The molecule has 1 aromatic carbocycles. The van der Waals surface area contributed by atoms with E-state index in [1.807, 2.05) is 0 Å². The van der Waals surface area contributed by atoms with Crippen LogP contribution in [0.2, 0.25) is 0 Å². The van der Waals surface area contributed by atoms with Gasteiger partial charge in [-0.2, -0.15) is 0 Å². The Morgan fingerprint density at radius 1 is 1.24 bits per heavy atom. The van der Waals surface area contributed by atoms with E-state index in [2.05, 4.69) is 10.6 Å². The molecule has 0 aromatic heterocycles. The molecule has 0 aliphatic heterocycles. The highest BCUT2D eigenvalue weighted by atomic mass is 19.1. The number of carbonyl (C=O) groups is 2. The normalized spacial score (nSPS) is 17.0. The number of aryl methyl sites for hydroxylation is 1. The lowest BCUT2D eigenvalue weighted by atomic mass is 9.82. The van der Waals surface area contributed by atoms with Gasteiger partial charge in [-0.3, -0.25) is 0 Å². The van der Waals surface area contributed by atoms with Crippen LogP contribution in [-0.4, -0.2) is 22.6 Å². The molecule has 6 heteroatoms. The van der Waals surface area contributed by atoms with Gasteiger partial charge in [-0.05, 0) is 37.5 Å². The molecule has 0 radical (unpaired) electrons. The lowest BCUT2D eigenvalue weighted by Gasteiger charge is -2.33. The average Bonchev–Trinajstić information content (AvgIpc) is 2.43. The van der Waals surface area contributed by atoms with Crippen LogP contribution in [0.3, 0.4) is 0 Å². The van der Waals surface area contributed by atoms with Crippen molar-refractivity contribution < 1.29 is 19.1 Å². The van der Waals surface area contributed by atoms with Crippen molar-refractivity contribution in [1.29, 1.82) is 0 Å². The molecule has 0 atom stereocenters. The number of urea groups is 1. The molecule has 3 N–H and O–H groups in total. The molecule has 2 amide bonds. The third kappa shape index (κ3) is 3.51. The van der Waals surface area contributed by atoms with Gasteiger partial charge < -0.3 is 15.7 Å². The van der Waals surface area contributed by atoms with Gasteiger partial charge in [0.15, 0.2) is 0 Å². The maximum absolute atomic E-state index is 13.6. The topological polar surface area (TPSA) is 78.4 Å². The second kappa shape index (κ2) is 6.11. The number of hydrogen-bond donors (Lipinski definition) is 3. The van der Waals surface area contributed by atoms with Gasteiger partial charge in [0.25, 0.3) is 0 Å². The summed E-state index contributed by atoms with van der Waals surface area (Å²) in [7, 11) is 0. The van der Waals surface area contributed by atoms with E-state index in [1.165, 1.54) is 12.1 Å². The van der Waals surface area contributed by atoms with Crippen LogP contribution in [0.15, 0.2) is 18.2 Å². The average molecular weight is 294 g/mol. The van der Waals surface area contributed by atoms with Crippen LogP contribution in [-0.2, 0) is 4.79 Å². The Morgan fingerprint density at radius 3 is 2.52 bits per heavy atom. The van der Waals surface area contributed by atoms with Crippen LogP contribution in [0.5, 0.6) is 0 Å². The minimum Gasteiger partial charge on any atom is -0.480 e. The third-order valence-electron chi connectivity index (χ3n) is 3.84. The lowest BCUT2D eigenvalue weighted by molar-refractivity contribution is -0.145. The van der Waals surface area contributed by atoms with E-state index >= 15 is 0 Å². The van der Waals surface area contributed by atoms with Crippen molar-refractivity contribution in [3.05, 3.63) is 29.6 Å². The Hall–Kier alpha value is -2.11. The molecular formula is C15H19FN2O3. The van der Waals surface area contributed by atoms with Crippen LogP contribution in [0, 0.1) is 12.7 Å². The Balaban J connectivity index is 2.09. The minimum absolute atomic E-state index is 0.0452. The molecule has 0 heterocycles. The molecule has 1 aliphatic rings. The van der Waals surface area contributed by atoms with Gasteiger partial charge in [0.05, 0.1) is 5.69 Å². The van der Waals surface area contributed by atoms with Crippen molar-refractivity contribution in [1.82, 2.24) is 5.32 Å². The summed E-state index contributed by atoms with van der Waals surface area (Å²) >= 11 is 0. The van der Waals surface area contributed by atoms with E-state index < -0.39 is 23.4 Å². The summed E-state index contributed by atoms with van der Waals surface area (Å²) in [5, 5.41) is 14.3. The second-order valence-corrected chi connectivity index (χ2v) is 5.51. The molecular weight excluding hydrogens is 275 g/mol. The number of carboxylic acids is 1. The monoisotopic (exact) mass is 294 g/mol. The van der Waals surface area contributed by atoms with Crippen molar-refractivity contribution in [2.75, 3.05) is 5.32 Å². The highest BCUT2D eigenvalue weighted by molar-refractivity contribution is 5.94. The molecule has 1 fully saturated rings. The van der Waals surface area contributed by atoms with Gasteiger partial charge in [0, 0.05) is 0 Å². The summed E-state index contributed by atoms with van der Waals surface area (Å²) in [5.41, 5.74) is -0.399. The Bertz CT molecular complexity index is 554. The Kier molecular flexibility index (Phi) is 4.45. The van der Waals surface area contributed by atoms with E-state index in [0.29, 0.717) is 12.8 Å². The molecule has 0 saturated heterocycles. The smallest absolute Gasteiger partial charge is 0.329 e. The zero-order valence-electron chi connectivity index (χ0n) is 11.9. The Morgan fingerprint density at radius 2 is 1.90 bits per heavy atom. The largest absolute Gasteiger partial charge is 0.480 e. The van der Waals surface area contributed by atoms with Crippen LogP contribution in [0.1, 0.15) is 37.7 Å². The molecule has 0 bridgehead atoms. The maximum atomic E-state index is 13.6. The zero-order valence-corrected chi connectivity index (χ0v) is 11.9. The van der Waals surface area contributed by atoms with Crippen LogP contribution in [0.4, 0.5) is 14.9 Å². The number of carbonyl (C=O) groups excluding carboxylic acids is 1. The molecule has 5 nitrogen and oxygen atoms in total. The highest BCUT2D eigenvalue weighted by Gasteiger charge is 2.41. The van der Waals surface area contributed by atoms with E-state index in [-0.39, 0.29) is 5.69 Å². The summed E-state index contributed by atoms with van der Waals surface area (Å²) in [5.74, 6) is -1.59. The van der Waals surface area contributed by atoms with Gasteiger partial charge in [-0.1, -0.05) is 25.3 Å². The number of anilines is 1. The number of hydrogen-bond acceptors (Lipinski definition) is 2. The van der Waals surface area contributed by atoms with Crippen molar-refractivity contribution in [3.63, 3.8) is 0 Å². The summed E-state index contributed by atoms with van der Waals surface area (Å²) < 4.78 is 13.6. The summed E-state index contributed by atoms with van der Waals surface area (Å²) in [6.45, 7) is 1.78. The fraction of sp³-hybridized carbons (Fsp3) is 0.467. The number of amides is 2. The molecule has 1 aromatic rings. The van der Waals surface area contributed by atoms with Crippen LogP contribution >= 0.6 is 0 Å². The van der Waals surface area contributed by atoms with Crippen molar-refractivity contribution >= 4 is 17.7 Å². The molecule has 2 rings (SSSR count). The van der Waals surface area contributed by atoms with E-state index in [4.69, 9.17) is 0 Å². The second-order valence-electron chi connectivity index (χ2n) is 5.51. The fourth-order valence-electron chi connectivity index (χ4n) is 2.65. The molecule has 1 saturated carbocycles. The molecule has 0 unspecified atom stereocenters. The molecule has 114 valence electrons. The first kappa shape index (κ1) is 15.3. The first-order valence-corrected chi connectivity index (χ1v) is 7.02. The van der Waals surface area contributed by atoms with Crippen molar-refractivity contribution in [2.45, 2.75) is 44.6 Å². The first-order valence-electron chi connectivity index (χ1n) is 7.02. The van der Waals surface area contributed by atoms with Crippen molar-refractivity contribution in [3.8, 4) is 0 Å². The predicted octanol–water partition coefficient (Wildman–Crippen LogP) is 3.04. The summed E-state index contributed by atoms with van der Waals surface area (Å²) in [6.07, 6.45) is 3.26. The van der Waals surface area contributed by atoms with Crippen LogP contribution < -0.4 is 10.6 Å². The van der Waals surface area contributed by atoms with Crippen molar-refractivity contribution in [2.24, 2.45) is 0 Å². The summed E-state index contributed by atoms with van der Waals surface area (Å²) in [6, 6.07) is 3.67. The van der Waals surface area contributed by atoms with E-state index in [0.717, 1.165) is 24.8 Å². The number of aliphatic carboxylic acids is 1. The quantitative estimate of drug-likeness (QED) is 0.801. The number of halogens is 1. The van der Waals surface area contributed by atoms with Gasteiger partial charge in [0.2, 0.25) is 0 Å². The predicted molar refractivity (Wildman–Crippen MR) is 76.7 cm³/mol. The molecule has 0 spiro atoms. The fourth-order valence-corrected chi connectivity index (χ4v) is 2.65. The van der Waals surface area contributed by atoms with E-state index in [1.54, 1.807) is 13.0 Å². The number of benzene rings is 1. The molecule has 1 aliphatic carbocycles. The summed E-state index contributed by atoms with van der Waals surface area (Å²) in [4.78, 5) is 23.5.